The fourth-order valence-corrected chi connectivity index (χ4v) is 2.44. The van der Waals surface area contributed by atoms with E-state index >= 15 is 0 Å². The first-order valence-electron chi connectivity index (χ1n) is 7.39. The summed E-state index contributed by atoms with van der Waals surface area (Å²) in [4.78, 5) is 16.5. The lowest BCUT2D eigenvalue weighted by molar-refractivity contribution is -0.137. The summed E-state index contributed by atoms with van der Waals surface area (Å²) < 4.78 is 41.2. The quantitative estimate of drug-likeness (QED) is 0.680. The Balaban J connectivity index is 2.04. The molecule has 0 spiro atoms. The molecule has 0 bridgehead atoms. The smallest absolute Gasteiger partial charge is 0.299 e. The molecule has 0 fully saturated rings. The number of hydrogen-bond donors (Lipinski definition) is 0. The van der Waals surface area contributed by atoms with Crippen LogP contribution in [0.3, 0.4) is 0 Å². The lowest BCUT2D eigenvalue weighted by Gasteiger charge is -2.09. The average Bonchev–Trinajstić information content (AvgIpc) is 3.01. The van der Waals surface area contributed by atoms with Gasteiger partial charge in [-0.05, 0) is 24.6 Å². The Morgan fingerprint density at radius 3 is 2.80 bits per heavy atom. The van der Waals surface area contributed by atoms with E-state index in [1.807, 2.05) is 6.07 Å². The number of fused-ring (bicyclic) bond motifs is 1. The topological polar surface area (TPSA) is 76.5 Å². The summed E-state index contributed by atoms with van der Waals surface area (Å²) >= 11 is 0. The van der Waals surface area contributed by atoms with Crippen molar-refractivity contribution in [3.63, 3.8) is 0 Å². The highest BCUT2D eigenvalue weighted by Gasteiger charge is 2.30. The van der Waals surface area contributed by atoms with Crippen LogP contribution in [0.2, 0.25) is 0 Å². The molecule has 0 saturated heterocycles. The molecule has 128 valence electrons. The summed E-state index contributed by atoms with van der Waals surface area (Å²) in [6.45, 7) is 0.337. The number of alkyl halides is 3. The van der Waals surface area contributed by atoms with Gasteiger partial charge < -0.3 is 0 Å². The van der Waals surface area contributed by atoms with Gasteiger partial charge in [0.2, 0.25) is 0 Å². The van der Waals surface area contributed by atoms with Gasteiger partial charge in [-0.3, -0.25) is 9.36 Å². The molecule has 2 heterocycles. The Hall–Kier alpha value is -3.15. The molecule has 1 aromatic carbocycles. The van der Waals surface area contributed by atoms with Gasteiger partial charge in [0.15, 0.2) is 5.65 Å². The maximum Gasteiger partial charge on any atom is 0.416 e. The van der Waals surface area contributed by atoms with E-state index < -0.39 is 11.7 Å². The minimum atomic E-state index is -4.47. The van der Waals surface area contributed by atoms with Crippen molar-refractivity contribution in [2.24, 2.45) is 0 Å². The van der Waals surface area contributed by atoms with Crippen molar-refractivity contribution in [3.8, 4) is 11.8 Å². The van der Waals surface area contributed by atoms with Crippen LogP contribution >= 0.6 is 0 Å². The van der Waals surface area contributed by atoms with Crippen LogP contribution < -0.4 is 5.56 Å². The van der Waals surface area contributed by atoms with Gasteiger partial charge in [0.05, 0.1) is 29.8 Å². The fourth-order valence-electron chi connectivity index (χ4n) is 2.44. The van der Waals surface area contributed by atoms with Gasteiger partial charge in [0.25, 0.3) is 5.56 Å². The zero-order valence-corrected chi connectivity index (χ0v) is 12.9. The van der Waals surface area contributed by atoms with Crippen LogP contribution in [0.4, 0.5) is 13.2 Å². The molecule has 6 nitrogen and oxygen atoms in total. The van der Waals surface area contributed by atoms with Gasteiger partial charge in [-0.15, -0.1) is 0 Å². The Morgan fingerprint density at radius 2 is 2.08 bits per heavy atom. The molecule has 0 atom stereocenters. The second-order valence-corrected chi connectivity index (χ2v) is 5.35. The van der Waals surface area contributed by atoms with Gasteiger partial charge >= 0.3 is 6.18 Å². The molecular formula is C16H12F3N5O. The van der Waals surface area contributed by atoms with Crippen LogP contribution in [0.25, 0.3) is 16.7 Å². The molecule has 0 radical (unpaired) electrons. The third-order valence-electron chi connectivity index (χ3n) is 3.66. The van der Waals surface area contributed by atoms with Gasteiger partial charge in [-0.2, -0.15) is 23.5 Å². The predicted octanol–water partition coefficient (Wildman–Crippen LogP) is 2.90. The summed E-state index contributed by atoms with van der Waals surface area (Å²) in [5, 5.41) is 12.8. The van der Waals surface area contributed by atoms with Gasteiger partial charge in [-0.1, -0.05) is 6.07 Å². The lowest BCUT2D eigenvalue weighted by atomic mass is 10.2. The monoisotopic (exact) mass is 347 g/mol. The number of halogens is 3. The van der Waals surface area contributed by atoms with E-state index in [-0.39, 0.29) is 22.3 Å². The maximum atomic E-state index is 12.9. The van der Waals surface area contributed by atoms with Crippen molar-refractivity contribution in [2.45, 2.75) is 25.6 Å². The van der Waals surface area contributed by atoms with Gasteiger partial charge in [-0.25, -0.2) is 9.67 Å². The highest BCUT2D eigenvalue weighted by molar-refractivity contribution is 5.74. The number of benzene rings is 1. The molecule has 0 amide bonds. The van der Waals surface area contributed by atoms with Crippen LogP contribution in [-0.2, 0) is 12.7 Å². The third kappa shape index (κ3) is 3.24. The molecule has 3 rings (SSSR count). The zero-order chi connectivity index (χ0) is 18.0. The minimum Gasteiger partial charge on any atom is -0.299 e. The van der Waals surface area contributed by atoms with Crippen molar-refractivity contribution in [3.05, 3.63) is 52.7 Å². The summed E-state index contributed by atoms with van der Waals surface area (Å²) in [5.74, 6) is 0. The molecule has 2 aromatic heterocycles. The molecule has 25 heavy (non-hydrogen) atoms. The first-order valence-corrected chi connectivity index (χ1v) is 7.39. The van der Waals surface area contributed by atoms with Crippen LogP contribution in [-0.4, -0.2) is 19.3 Å². The molecule has 0 saturated carbocycles. The largest absolute Gasteiger partial charge is 0.416 e. The molecule has 0 aliphatic rings. The molecule has 0 aliphatic carbocycles. The normalized spacial score (nSPS) is 11.6. The van der Waals surface area contributed by atoms with Crippen molar-refractivity contribution >= 4 is 11.0 Å². The standard InChI is InChI=1S/C16H12F3N5O/c17-16(18,19)11-4-3-5-12(8-11)24-14-13(9-22-24)15(25)23(10-21-14)7-2-1-6-20/h3-5,8-10H,1-2,7H2. The van der Waals surface area contributed by atoms with Crippen molar-refractivity contribution in [2.75, 3.05) is 0 Å². The summed E-state index contributed by atoms with van der Waals surface area (Å²) in [7, 11) is 0. The van der Waals surface area contributed by atoms with Crippen molar-refractivity contribution in [1.29, 1.82) is 5.26 Å². The Morgan fingerprint density at radius 1 is 1.28 bits per heavy atom. The number of aromatic nitrogens is 4. The van der Waals surface area contributed by atoms with E-state index in [9.17, 15) is 18.0 Å². The van der Waals surface area contributed by atoms with Gasteiger partial charge in [0, 0.05) is 13.0 Å². The Bertz CT molecular complexity index is 1010. The number of nitriles is 1. The molecular weight excluding hydrogens is 335 g/mol. The first kappa shape index (κ1) is 16.7. The van der Waals surface area contributed by atoms with Crippen molar-refractivity contribution < 1.29 is 13.2 Å². The van der Waals surface area contributed by atoms with Crippen LogP contribution in [0.1, 0.15) is 18.4 Å². The van der Waals surface area contributed by atoms with Crippen LogP contribution in [0.15, 0.2) is 41.6 Å². The molecule has 0 unspecified atom stereocenters. The SMILES string of the molecule is N#CCCCn1cnc2c(cnn2-c2cccc(C(F)(F)F)c2)c1=O. The number of hydrogen-bond acceptors (Lipinski definition) is 4. The van der Waals surface area contributed by atoms with E-state index in [2.05, 4.69) is 10.1 Å². The van der Waals surface area contributed by atoms with Crippen molar-refractivity contribution in [1.82, 2.24) is 19.3 Å². The number of aryl methyl sites for hydroxylation is 1. The molecule has 0 aliphatic heterocycles. The van der Waals surface area contributed by atoms with Crippen LogP contribution in [0, 0.1) is 11.3 Å². The first-order chi connectivity index (χ1) is 11.9. The van der Waals surface area contributed by atoms with Gasteiger partial charge in [0.1, 0.15) is 5.39 Å². The number of nitrogens with zero attached hydrogens (tertiary/aromatic N) is 5. The van der Waals surface area contributed by atoms with Crippen LogP contribution in [0.5, 0.6) is 0 Å². The van der Waals surface area contributed by atoms with E-state index in [0.29, 0.717) is 19.4 Å². The fraction of sp³-hybridized carbons (Fsp3) is 0.250. The Kier molecular flexibility index (Phi) is 4.27. The molecule has 9 heteroatoms. The summed E-state index contributed by atoms with van der Waals surface area (Å²) in [6, 6.07) is 6.64. The van der Waals surface area contributed by atoms with E-state index in [0.717, 1.165) is 12.1 Å². The Labute approximate surface area is 139 Å². The molecule has 0 N–H and O–H groups in total. The maximum absolute atomic E-state index is 12.9. The molecule has 3 aromatic rings. The van der Waals surface area contributed by atoms with E-state index in [1.165, 1.54) is 33.9 Å². The second kappa shape index (κ2) is 6.39. The number of unbranched alkanes of at least 4 members (excludes halogenated alkanes) is 1. The predicted molar refractivity (Wildman–Crippen MR) is 83.0 cm³/mol. The highest BCUT2D eigenvalue weighted by Crippen LogP contribution is 2.30. The lowest BCUT2D eigenvalue weighted by Crippen LogP contribution is -2.20. The average molecular weight is 347 g/mol. The zero-order valence-electron chi connectivity index (χ0n) is 12.9. The van der Waals surface area contributed by atoms with E-state index in [4.69, 9.17) is 5.26 Å². The minimum absolute atomic E-state index is 0.166. The van der Waals surface area contributed by atoms with E-state index in [1.54, 1.807) is 0 Å². The summed E-state index contributed by atoms with van der Waals surface area (Å²) in [5.41, 5.74) is -0.806. The third-order valence-corrected chi connectivity index (χ3v) is 3.66. The summed E-state index contributed by atoms with van der Waals surface area (Å²) in [6.07, 6.45) is -1.06. The highest BCUT2D eigenvalue weighted by atomic mass is 19.4. The number of rotatable bonds is 4. The second-order valence-electron chi connectivity index (χ2n) is 5.35.